The number of hydrogen-bond acceptors (Lipinski definition) is 6. The molecule has 0 saturated carbocycles. The molecule has 0 unspecified atom stereocenters. The molecule has 2 fully saturated rings. The number of nitrogens with one attached hydrogen (secondary N) is 1. The van der Waals surface area contributed by atoms with Gasteiger partial charge >= 0.3 is 12.6 Å². The number of nitrogens with zero attached hydrogens (tertiary/aromatic N) is 1. The highest BCUT2D eigenvalue weighted by molar-refractivity contribution is 6.09. The third kappa shape index (κ3) is 2.77. The maximum absolute atomic E-state index is 12.8. The first kappa shape index (κ1) is 19.2. The van der Waals surface area contributed by atoms with Crippen molar-refractivity contribution in [2.24, 2.45) is 11.8 Å². The molecular weight excluding hydrogens is 362 g/mol. The number of rotatable bonds is 5. The standard InChI is InChI=1S/C18H20F2N2O5/c1-4-18(16(25)26-3)12-11(14(23)22(2)15(12)24)13(21-18)9-7-5-6-8-10(9)27-17(19)20/h5-8,11-13,17,21H,4H2,1-3H3/t11-,12-,13-,18-/m1/s1. The van der Waals surface area contributed by atoms with Gasteiger partial charge in [-0.3, -0.25) is 24.6 Å². The van der Waals surface area contributed by atoms with Crippen molar-refractivity contribution in [3.8, 4) is 5.75 Å². The number of para-hydroxylation sites is 1. The third-order valence-corrected chi connectivity index (χ3v) is 5.45. The van der Waals surface area contributed by atoms with Crippen molar-refractivity contribution in [1.29, 1.82) is 0 Å². The lowest BCUT2D eigenvalue weighted by molar-refractivity contribution is -0.154. The van der Waals surface area contributed by atoms with Crippen LogP contribution >= 0.6 is 0 Å². The summed E-state index contributed by atoms with van der Waals surface area (Å²) in [6.45, 7) is -1.36. The Bertz CT molecular complexity index is 787. The van der Waals surface area contributed by atoms with Crippen LogP contribution in [-0.4, -0.2) is 49.0 Å². The smallest absolute Gasteiger partial charge is 0.387 e. The van der Waals surface area contributed by atoms with Crippen LogP contribution in [0, 0.1) is 11.8 Å². The van der Waals surface area contributed by atoms with E-state index in [0.29, 0.717) is 0 Å². The number of esters is 1. The van der Waals surface area contributed by atoms with Crippen LogP contribution in [0.1, 0.15) is 24.9 Å². The molecular formula is C18H20F2N2O5. The first-order valence-corrected chi connectivity index (χ1v) is 8.49. The number of hydrogen-bond donors (Lipinski definition) is 1. The number of ether oxygens (including phenoxy) is 2. The zero-order valence-corrected chi connectivity index (χ0v) is 15.1. The molecule has 0 radical (unpaired) electrons. The summed E-state index contributed by atoms with van der Waals surface area (Å²) >= 11 is 0. The van der Waals surface area contributed by atoms with Crippen LogP contribution in [0.3, 0.4) is 0 Å². The summed E-state index contributed by atoms with van der Waals surface area (Å²) < 4.78 is 35.1. The molecule has 1 N–H and O–H groups in total. The predicted octanol–water partition coefficient (Wildman–Crippen LogP) is 1.49. The summed E-state index contributed by atoms with van der Waals surface area (Å²) in [6, 6.07) is 5.16. The van der Waals surface area contributed by atoms with Gasteiger partial charge in [0.25, 0.3) is 0 Å². The van der Waals surface area contributed by atoms with Crippen molar-refractivity contribution in [2.75, 3.05) is 14.2 Å². The van der Waals surface area contributed by atoms with Crippen LogP contribution in [0.4, 0.5) is 8.78 Å². The van der Waals surface area contributed by atoms with Gasteiger partial charge in [0.05, 0.1) is 18.9 Å². The average molecular weight is 382 g/mol. The molecule has 7 nitrogen and oxygen atoms in total. The number of carbonyl (C=O) groups is 3. The second-order valence-electron chi connectivity index (χ2n) is 6.59. The quantitative estimate of drug-likeness (QED) is 0.614. The normalized spacial score (nSPS) is 30.0. The maximum Gasteiger partial charge on any atom is 0.387 e. The van der Waals surface area contributed by atoms with Crippen LogP contribution in [-0.2, 0) is 19.1 Å². The van der Waals surface area contributed by atoms with E-state index < -0.39 is 47.8 Å². The number of fused-ring (bicyclic) bond motifs is 1. The molecule has 1 aromatic carbocycles. The zero-order chi connectivity index (χ0) is 19.9. The molecule has 2 aliphatic rings. The first-order valence-electron chi connectivity index (χ1n) is 8.49. The van der Waals surface area contributed by atoms with Crippen LogP contribution < -0.4 is 10.1 Å². The van der Waals surface area contributed by atoms with Gasteiger partial charge in [-0.25, -0.2) is 0 Å². The topological polar surface area (TPSA) is 84.9 Å². The van der Waals surface area contributed by atoms with Crippen molar-refractivity contribution < 1.29 is 32.6 Å². The Labute approximate surface area is 154 Å². The van der Waals surface area contributed by atoms with Crippen molar-refractivity contribution >= 4 is 17.8 Å². The van der Waals surface area contributed by atoms with Crippen molar-refractivity contribution in [2.45, 2.75) is 31.5 Å². The second-order valence-corrected chi connectivity index (χ2v) is 6.59. The predicted molar refractivity (Wildman–Crippen MR) is 88.7 cm³/mol. The van der Waals surface area contributed by atoms with Crippen LogP contribution in [0.2, 0.25) is 0 Å². The number of carbonyl (C=O) groups excluding carboxylic acids is 3. The van der Waals surface area contributed by atoms with Crippen molar-refractivity contribution in [3.05, 3.63) is 29.8 Å². The third-order valence-electron chi connectivity index (χ3n) is 5.45. The summed E-state index contributed by atoms with van der Waals surface area (Å²) in [4.78, 5) is 39.1. The van der Waals surface area contributed by atoms with E-state index in [1.54, 1.807) is 13.0 Å². The molecule has 4 atom stereocenters. The summed E-state index contributed by atoms with van der Waals surface area (Å²) in [6.07, 6.45) is 0.183. The molecule has 2 aliphatic heterocycles. The Hall–Kier alpha value is -2.55. The first-order chi connectivity index (χ1) is 12.8. The van der Waals surface area contributed by atoms with E-state index in [1.165, 1.54) is 32.4 Å². The molecule has 2 saturated heterocycles. The Morgan fingerprint density at radius 1 is 1.30 bits per heavy atom. The van der Waals surface area contributed by atoms with E-state index in [-0.39, 0.29) is 17.7 Å². The molecule has 0 bridgehead atoms. The lowest BCUT2D eigenvalue weighted by atomic mass is 9.78. The minimum atomic E-state index is -3.05. The Kier molecular flexibility index (Phi) is 4.90. The van der Waals surface area contributed by atoms with E-state index in [0.717, 1.165) is 4.90 Å². The zero-order valence-electron chi connectivity index (χ0n) is 15.1. The largest absolute Gasteiger partial charge is 0.468 e. The van der Waals surface area contributed by atoms with Crippen molar-refractivity contribution in [3.63, 3.8) is 0 Å². The summed E-state index contributed by atoms with van der Waals surface area (Å²) in [5, 5.41) is 3.05. The van der Waals surface area contributed by atoms with Gasteiger partial charge in [0.1, 0.15) is 11.3 Å². The lowest BCUT2D eigenvalue weighted by Gasteiger charge is -2.31. The lowest BCUT2D eigenvalue weighted by Crippen LogP contribution is -2.55. The average Bonchev–Trinajstić information content (AvgIpc) is 3.11. The molecule has 27 heavy (non-hydrogen) atoms. The van der Waals surface area contributed by atoms with Gasteiger partial charge in [0.2, 0.25) is 11.8 Å². The summed E-state index contributed by atoms with van der Waals surface area (Å²) in [7, 11) is 2.54. The number of amides is 2. The number of likely N-dealkylation sites (tertiary alicyclic amines) is 1. The van der Waals surface area contributed by atoms with E-state index >= 15 is 0 Å². The number of halogens is 2. The van der Waals surface area contributed by atoms with E-state index in [4.69, 9.17) is 4.74 Å². The molecule has 2 heterocycles. The molecule has 2 amide bonds. The molecule has 9 heteroatoms. The molecule has 3 rings (SSSR count). The number of methoxy groups -OCH3 is 1. The minimum absolute atomic E-state index is 0.115. The van der Waals surface area contributed by atoms with Gasteiger partial charge in [-0.1, -0.05) is 25.1 Å². The fourth-order valence-electron chi connectivity index (χ4n) is 4.19. The second kappa shape index (κ2) is 6.88. The van der Waals surface area contributed by atoms with Crippen LogP contribution in [0.5, 0.6) is 5.75 Å². The highest BCUT2D eigenvalue weighted by atomic mass is 19.3. The fraction of sp³-hybridized carbons (Fsp3) is 0.500. The van der Waals surface area contributed by atoms with Gasteiger partial charge in [-0.15, -0.1) is 0 Å². The molecule has 0 aromatic heterocycles. The Morgan fingerprint density at radius 2 is 1.96 bits per heavy atom. The SMILES string of the molecule is CC[C@@]1(C(=O)OC)N[C@H](c2ccccc2OC(F)F)[C@@H]2C(=O)N(C)C(=O)[C@@H]21. The van der Waals surface area contributed by atoms with Gasteiger partial charge in [-0.05, 0) is 12.5 Å². The van der Waals surface area contributed by atoms with Crippen LogP contribution in [0.15, 0.2) is 24.3 Å². The van der Waals surface area contributed by atoms with Gasteiger partial charge in [0, 0.05) is 18.7 Å². The van der Waals surface area contributed by atoms with E-state index in [1.807, 2.05) is 0 Å². The maximum atomic E-state index is 12.8. The highest BCUT2D eigenvalue weighted by Crippen LogP contribution is 2.51. The van der Waals surface area contributed by atoms with E-state index in [2.05, 4.69) is 10.1 Å². The Balaban J connectivity index is 2.14. The number of imide groups is 1. The molecule has 1 aromatic rings. The molecule has 0 spiro atoms. The summed E-state index contributed by atoms with van der Waals surface area (Å²) in [5.41, 5.74) is -1.15. The monoisotopic (exact) mass is 382 g/mol. The number of benzene rings is 1. The molecule has 0 aliphatic carbocycles. The van der Waals surface area contributed by atoms with Gasteiger partial charge < -0.3 is 9.47 Å². The van der Waals surface area contributed by atoms with Crippen molar-refractivity contribution in [1.82, 2.24) is 10.2 Å². The van der Waals surface area contributed by atoms with E-state index in [9.17, 15) is 23.2 Å². The minimum Gasteiger partial charge on any atom is -0.468 e. The summed E-state index contributed by atoms with van der Waals surface area (Å²) in [5.74, 6) is -3.68. The van der Waals surface area contributed by atoms with Crippen LogP contribution in [0.25, 0.3) is 0 Å². The fourth-order valence-corrected chi connectivity index (χ4v) is 4.19. The number of alkyl halides is 2. The Morgan fingerprint density at radius 3 is 2.56 bits per heavy atom. The van der Waals surface area contributed by atoms with Gasteiger partial charge in [0.15, 0.2) is 0 Å². The molecule has 146 valence electrons. The van der Waals surface area contributed by atoms with Gasteiger partial charge in [-0.2, -0.15) is 8.78 Å². The highest BCUT2D eigenvalue weighted by Gasteiger charge is 2.67.